The minimum absolute atomic E-state index is 0.217. The maximum Gasteiger partial charge on any atom is 0.330 e. The van der Waals surface area contributed by atoms with Gasteiger partial charge in [-0.25, -0.2) is 4.79 Å². The van der Waals surface area contributed by atoms with Crippen molar-refractivity contribution in [2.75, 3.05) is 6.61 Å². The van der Waals surface area contributed by atoms with Crippen LogP contribution in [0, 0.1) is 0 Å². The van der Waals surface area contributed by atoms with Gasteiger partial charge in [-0.2, -0.15) is 0 Å². The monoisotopic (exact) mass is 308 g/mol. The molecule has 0 N–H and O–H groups in total. The summed E-state index contributed by atoms with van der Waals surface area (Å²) in [7, 11) is 0. The van der Waals surface area contributed by atoms with E-state index in [1.807, 2.05) is 13.0 Å². The van der Waals surface area contributed by atoms with Gasteiger partial charge in [0.2, 0.25) is 0 Å². The summed E-state index contributed by atoms with van der Waals surface area (Å²) in [5.41, 5.74) is 0. The number of rotatable bonds is 15. The second-order valence-electron chi connectivity index (χ2n) is 5.82. The van der Waals surface area contributed by atoms with Crippen LogP contribution in [0.25, 0.3) is 0 Å². The van der Waals surface area contributed by atoms with Crippen molar-refractivity contribution in [1.82, 2.24) is 0 Å². The summed E-state index contributed by atoms with van der Waals surface area (Å²) >= 11 is 0. The molecule has 0 unspecified atom stereocenters. The highest BCUT2D eigenvalue weighted by Crippen LogP contribution is 2.09. The van der Waals surface area contributed by atoms with E-state index in [1.54, 1.807) is 6.08 Å². The Kier molecular flexibility index (Phi) is 17.1. The highest BCUT2D eigenvalue weighted by atomic mass is 16.5. The lowest BCUT2D eigenvalue weighted by atomic mass is 10.1. The Morgan fingerprint density at radius 1 is 0.727 bits per heavy atom. The van der Waals surface area contributed by atoms with E-state index in [0.717, 1.165) is 6.42 Å². The molecule has 0 radical (unpaired) electrons. The molecule has 0 bridgehead atoms. The Balaban J connectivity index is 3.19. The fourth-order valence-electron chi connectivity index (χ4n) is 2.35. The van der Waals surface area contributed by atoms with Crippen LogP contribution in [0.2, 0.25) is 0 Å². The number of hydrogen-bond acceptors (Lipinski definition) is 2. The van der Waals surface area contributed by atoms with Crippen molar-refractivity contribution in [2.45, 2.75) is 90.9 Å². The first kappa shape index (κ1) is 20.9. The van der Waals surface area contributed by atoms with Crippen molar-refractivity contribution in [1.29, 1.82) is 0 Å². The second-order valence-corrected chi connectivity index (χ2v) is 5.82. The Labute approximate surface area is 138 Å². The Morgan fingerprint density at radius 3 is 1.77 bits per heavy atom. The first-order chi connectivity index (χ1) is 10.8. The van der Waals surface area contributed by atoms with Crippen molar-refractivity contribution in [3.8, 4) is 0 Å². The average molecular weight is 309 g/mol. The SMILES string of the molecule is CCCCCC=CCCCCCCCCC=CC(=O)OCC. The molecule has 2 heteroatoms. The largest absolute Gasteiger partial charge is 0.463 e. The molecule has 0 aromatic rings. The molecule has 2 nitrogen and oxygen atoms in total. The van der Waals surface area contributed by atoms with Gasteiger partial charge in [-0.3, -0.25) is 0 Å². The molecule has 0 aromatic heterocycles. The van der Waals surface area contributed by atoms with Gasteiger partial charge in [0, 0.05) is 6.08 Å². The van der Waals surface area contributed by atoms with Crippen LogP contribution in [-0.4, -0.2) is 12.6 Å². The Hall–Kier alpha value is -1.05. The molecule has 0 rings (SSSR count). The van der Waals surface area contributed by atoms with Crippen molar-refractivity contribution in [2.24, 2.45) is 0 Å². The van der Waals surface area contributed by atoms with Gasteiger partial charge in [0.05, 0.1) is 6.61 Å². The van der Waals surface area contributed by atoms with Gasteiger partial charge in [-0.1, -0.05) is 63.7 Å². The molecule has 0 amide bonds. The zero-order chi connectivity index (χ0) is 16.3. The van der Waals surface area contributed by atoms with E-state index in [-0.39, 0.29) is 5.97 Å². The number of carbonyl (C=O) groups excluding carboxylic acids is 1. The molecule has 0 saturated heterocycles. The van der Waals surface area contributed by atoms with Gasteiger partial charge in [0.15, 0.2) is 0 Å². The Morgan fingerprint density at radius 2 is 1.23 bits per heavy atom. The standard InChI is InChI=1S/C20H36O2/c1-3-5-6-7-8-9-10-11-12-13-14-15-16-17-18-19-20(21)22-4-2/h8-9,18-19H,3-7,10-17H2,1-2H3. The number of carbonyl (C=O) groups is 1. The fourth-order valence-corrected chi connectivity index (χ4v) is 2.35. The quantitative estimate of drug-likeness (QED) is 0.152. The summed E-state index contributed by atoms with van der Waals surface area (Å²) < 4.78 is 4.83. The first-order valence-corrected chi connectivity index (χ1v) is 9.29. The molecular weight excluding hydrogens is 272 g/mol. The number of unbranched alkanes of at least 4 members (excludes halogenated alkanes) is 10. The van der Waals surface area contributed by atoms with Crippen LogP contribution in [0.1, 0.15) is 90.9 Å². The lowest BCUT2D eigenvalue weighted by Crippen LogP contribution is -1.98. The van der Waals surface area contributed by atoms with E-state index < -0.39 is 0 Å². The number of hydrogen-bond donors (Lipinski definition) is 0. The zero-order valence-electron chi connectivity index (χ0n) is 14.8. The van der Waals surface area contributed by atoms with Gasteiger partial charge in [0.1, 0.15) is 0 Å². The first-order valence-electron chi connectivity index (χ1n) is 9.29. The predicted octanol–water partition coefficient (Wildman–Crippen LogP) is 6.36. The smallest absolute Gasteiger partial charge is 0.330 e. The third-order valence-electron chi connectivity index (χ3n) is 3.67. The lowest BCUT2D eigenvalue weighted by Gasteiger charge is -1.99. The van der Waals surface area contributed by atoms with E-state index in [0.29, 0.717) is 6.61 Å². The van der Waals surface area contributed by atoms with Gasteiger partial charge in [-0.05, 0) is 45.4 Å². The summed E-state index contributed by atoms with van der Waals surface area (Å²) in [4.78, 5) is 11.1. The van der Waals surface area contributed by atoms with E-state index in [2.05, 4.69) is 19.1 Å². The third-order valence-corrected chi connectivity index (χ3v) is 3.67. The van der Waals surface area contributed by atoms with Crippen LogP contribution in [0.3, 0.4) is 0 Å². The van der Waals surface area contributed by atoms with Crippen molar-refractivity contribution in [3.63, 3.8) is 0 Å². The molecule has 22 heavy (non-hydrogen) atoms. The molecule has 0 saturated carbocycles. The normalized spacial score (nSPS) is 11.5. The minimum Gasteiger partial charge on any atom is -0.463 e. The molecule has 0 fully saturated rings. The summed E-state index contributed by atoms with van der Waals surface area (Å²) in [6, 6.07) is 0. The second kappa shape index (κ2) is 18.0. The van der Waals surface area contributed by atoms with E-state index in [1.165, 1.54) is 70.6 Å². The zero-order valence-corrected chi connectivity index (χ0v) is 14.8. The molecule has 0 atom stereocenters. The highest BCUT2D eigenvalue weighted by Gasteiger charge is 1.93. The van der Waals surface area contributed by atoms with E-state index >= 15 is 0 Å². The molecule has 0 heterocycles. The van der Waals surface area contributed by atoms with Crippen LogP contribution in [0.4, 0.5) is 0 Å². The topological polar surface area (TPSA) is 26.3 Å². The van der Waals surface area contributed by atoms with Crippen LogP contribution in [-0.2, 0) is 9.53 Å². The van der Waals surface area contributed by atoms with Crippen LogP contribution >= 0.6 is 0 Å². The number of esters is 1. The summed E-state index contributed by atoms with van der Waals surface area (Å²) in [6.45, 7) is 4.53. The number of ether oxygens (including phenoxy) is 1. The summed E-state index contributed by atoms with van der Waals surface area (Å²) in [6.07, 6.45) is 23.5. The molecule has 0 aliphatic heterocycles. The van der Waals surface area contributed by atoms with Crippen LogP contribution in [0.15, 0.2) is 24.3 Å². The van der Waals surface area contributed by atoms with Crippen LogP contribution in [0.5, 0.6) is 0 Å². The van der Waals surface area contributed by atoms with Gasteiger partial charge < -0.3 is 4.74 Å². The maximum atomic E-state index is 11.1. The minimum atomic E-state index is -0.217. The van der Waals surface area contributed by atoms with Gasteiger partial charge >= 0.3 is 5.97 Å². The van der Waals surface area contributed by atoms with Crippen molar-refractivity contribution in [3.05, 3.63) is 24.3 Å². The number of allylic oxidation sites excluding steroid dienone is 3. The molecular formula is C20H36O2. The van der Waals surface area contributed by atoms with E-state index in [4.69, 9.17) is 4.74 Å². The third kappa shape index (κ3) is 17.0. The summed E-state index contributed by atoms with van der Waals surface area (Å²) in [5.74, 6) is -0.217. The van der Waals surface area contributed by atoms with Crippen molar-refractivity contribution < 1.29 is 9.53 Å². The lowest BCUT2D eigenvalue weighted by molar-refractivity contribution is -0.137. The maximum absolute atomic E-state index is 11.1. The van der Waals surface area contributed by atoms with Gasteiger partial charge in [-0.15, -0.1) is 0 Å². The average Bonchev–Trinajstić information content (AvgIpc) is 2.51. The molecule has 128 valence electrons. The predicted molar refractivity (Wildman–Crippen MR) is 96.0 cm³/mol. The molecule has 0 aliphatic carbocycles. The molecule has 0 aromatic carbocycles. The summed E-state index contributed by atoms with van der Waals surface area (Å²) in [5, 5.41) is 0. The van der Waals surface area contributed by atoms with Gasteiger partial charge in [0.25, 0.3) is 0 Å². The van der Waals surface area contributed by atoms with Crippen LogP contribution < -0.4 is 0 Å². The molecule has 0 aliphatic rings. The highest BCUT2D eigenvalue weighted by molar-refractivity contribution is 5.81. The fraction of sp³-hybridized carbons (Fsp3) is 0.750. The van der Waals surface area contributed by atoms with E-state index in [9.17, 15) is 4.79 Å². The molecule has 0 spiro atoms. The van der Waals surface area contributed by atoms with Crippen molar-refractivity contribution >= 4 is 5.97 Å². The Bertz CT molecular complexity index is 292.